The molecule has 1 nitrogen and oxygen atoms in total. The maximum absolute atomic E-state index is 5.08. The van der Waals surface area contributed by atoms with Crippen LogP contribution in [0.1, 0.15) is 0 Å². The van der Waals surface area contributed by atoms with Gasteiger partial charge in [0.25, 0.3) is 8.24 Å². The highest BCUT2D eigenvalue weighted by molar-refractivity contribution is 6.67. The first-order valence-electron chi connectivity index (χ1n) is 2.84. The molecule has 9 heavy (non-hydrogen) atoms. The molecule has 0 rings (SSSR count). The van der Waals surface area contributed by atoms with Crippen LogP contribution in [-0.4, -0.2) is 14.8 Å². The molecular formula is C6H14INSi. The van der Waals surface area contributed by atoms with E-state index in [1.807, 2.05) is 0 Å². The fourth-order valence-corrected chi connectivity index (χ4v) is 1.10. The highest BCUT2D eigenvalue weighted by Gasteiger charge is 2.17. The van der Waals surface area contributed by atoms with E-state index in [2.05, 4.69) is 30.5 Å². The molecule has 0 radical (unpaired) electrons. The molecule has 0 saturated carbocycles. The number of quaternary nitrogens is 1. The summed E-state index contributed by atoms with van der Waals surface area (Å²) in [5, 5.41) is 0. The topological polar surface area (TPSA) is 16.6 Å². The van der Waals surface area contributed by atoms with Crippen LogP contribution < -0.4 is 29.0 Å². The van der Waals surface area contributed by atoms with Crippen molar-refractivity contribution in [3.05, 3.63) is 0 Å². The molecule has 0 aromatic rings. The molecule has 0 atom stereocenters. The van der Waals surface area contributed by atoms with Crippen molar-refractivity contribution in [1.82, 2.24) is 0 Å². The SMILES string of the molecule is C#CC[NH2+][Si](C)(C)C.[I-]. The van der Waals surface area contributed by atoms with Gasteiger partial charge in [0.05, 0.1) is 0 Å². The first-order valence-corrected chi connectivity index (χ1v) is 6.42. The van der Waals surface area contributed by atoms with E-state index in [1.165, 1.54) is 0 Å². The van der Waals surface area contributed by atoms with E-state index >= 15 is 0 Å². The molecule has 0 aliphatic heterocycles. The van der Waals surface area contributed by atoms with Gasteiger partial charge in [-0.25, -0.2) is 0 Å². The van der Waals surface area contributed by atoms with Crippen LogP contribution in [0.3, 0.4) is 0 Å². The van der Waals surface area contributed by atoms with Crippen LogP contribution >= 0.6 is 0 Å². The molecule has 0 spiro atoms. The number of terminal acetylenes is 1. The highest BCUT2D eigenvalue weighted by Crippen LogP contribution is 1.82. The molecule has 0 heterocycles. The van der Waals surface area contributed by atoms with Crippen molar-refractivity contribution >= 4 is 8.24 Å². The molecule has 54 valence electrons. The number of halogens is 1. The van der Waals surface area contributed by atoms with Crippen LogP contribution in [0.4, 0.5) is 0 Å². The zero-order valence-corrected chi connectivity index (χ0v) is 9.40. The maximum Gasteiger partial charge on any atom is 0.274 e. The summed E-state index contributed by atoms with van der Waals surface area (Å²) in [6.07, 6.45) is 5.08. The fourth-order valence-electron chi connectivity index (χ4n) is 0.365. The predicted octanol–water partition coefficient (Wildman–Crippen LogP) is -2.98. The Kier molecular flexibility index (Phi) is 7.12. The largest absolute Gasteiger partial charge is 1.00 e. The number of rotatable bonds is 2. The lowest BCUT2D eigenvalue weighted by molar-refractivity contribution is -0.516. The average Bonchev–Trinajstić information content (AvgIpc) is 1.59. The molecule has 0 saturated heterocycles. The van der Waals surface area contributed by atoms with Gasteiger partial charge in [0.15, 0.2) is 0 Å². The van der Waals surface area contributed by atoms with Crippen molar-refractivity contribution in [2.24, 2.45) is 0 Å². The van der Waals surface area contributed by atoms with Crippen LogP contribution in [0.15, 0.2) is 0 Å². The van der Waals surface area contributed by atoms with E-state index in [9.17, 15) is 0 Å². The van der Waals surface area contributed by atoms with Crippen molar-refractivity contribution in [3.8, 4) is 12.3 Å². The Bertz CT molecular complexity index is 101. The average molecular weight is 255 g/mol. The minimum Gasteiger partial charge on any atom is -1.00 e. The zero-order chi connectivity index (χ0) is 6.62. The molecule has 0 bridgehead atoms. The van der Waals surface area contributed by atoms with Gasteiger partial charge in [0, 0.05) is 0 Å². The van der Waals surface area contributed by atoms with E-state index in [4.69, 9.17) is 6.42 Å². The van der Waals surface area contributed by atoms with Gasteiger partial charge in [-0.05, 0) is 25.6 Å². The van der Waals surface area contributed by atoms with Crippen molar-refractivity contribution < 1.29 is 29.0 Å². The van der Waals surface area contributed by atoms with Crippen LogP contribution in [-0.2, 0) is 0 Å². The fraction of sp³-hybridized carbons (Fsp3) is 0.667. The molecule has 0 aromatic heterocycles. The third-order valence-corrected chi connectivity index (χ3v) is 2.26. The van der Waals surface area contributed by atoms with E-state index in [0.29, 0.717) is 0 Å². The molecule has 0 fully saturated rings. The Morgan fingerprint density at radius 2 is 1.89 bits per heavy atom. The van der Waals surface area contributed by atoms with Crippen molar-refractivity contribution in [2.45, 2.75) is 19.6 Å². The quantitative estimate of drug-likeness (QED) is 0.308. The molecule has 0 aliphatic rings. The molecule has 0 unspecified atom stereocenters. The van der Waals surface area contributed by atoms with Crippen molar-refractivity contribution in [2.75, 3.05) is 6.54 Å². The second-order valence-corrected chi connectivity index (χ2v) is 8.12. The first kappa shape index (κ1) is 12.2. The van der Waals surface area contributed by atoms with Gasteiger partial charge in [0.1, 0.15) is 6.54 Å². The molecule has 2 N–H and O–H groups in total. The monoisotopic (exact) mass is 255 g/mol. The highest BCUT2D eigenvalue weighted by atomic mass is 127. The molecule has 3 heteroatoms. The normalized spacial score (nSPS) is 9.56. The zero-order valence-electron chi connectivity index (χ0n) is 6.24. The smallest absolute Gasteiger partial charge is 0.274 e. The minimum atomic E-state index is -0.946. The number of hydrogen-bond donors (Lipinski definition) is 1. The lowest BCUT2D eigenvalue weighted by Crippen LogP contribution is -3.00. The van der Waals surface area contributed by atoms with Gasteiger partial charge in [-0.2, -0.15) is 0 Å². The second kappa shape index (κ2) is 5.27. The Morgan fingerprint density at radius 3 is 2.00 bits per heavy atom. The standard InChI is InChI=1S/C6H13NSi.HI/c1-5-6-7-8(2,3)4;/h1,7H,6H2,2-4H3;1H. The van der Waals surface area contributed by atoms with E-state index in [-0.39, 0.29) is 24.0 Å². The summed E-state index contributed by atoms with van der Waals surface area (Å²) in [5.41, 5.74) is 0. The summed E-state index contributed by atoms with van der Waals surface area (Å²) in [4.78, 5) is 2.27. The van der Waals surface area contributed by atoms with Gasteiger partial charge < -0.3 is 29.0 Å². The molecule has 0 amide bonds. The third kappa shape index (κ3) is 11.8. The van der Waals surface area contributed by atoms with Gasteiger partial charge in [0.2, 0.25) is 0 Å². The molecular weight excluding hydrogens is 241 g/mol. The Hall–Kier alpha value is 0.467. The van der Waals surface area contributed by atoms with E-state index in [0.717, 1.165) is 6.54 Å². The Morgan fingerprint density at radius 1 is 1.44 bits per heavy atom. The van der Waals surface area contributed by atoms with Crippen LogP contribution in [0.5, 0.6) is 0 Å². The summed E-state index contributed by atoms with van der Waals surface area (Å²) < 4.78 is 0. The van der Waals surface area contributed by atoms with E-state index in [1.54, 1.807) is 0 Å². The first-order chi connectivity index (χ1) is 3.56. The summed E-state index contributed by atoms with van der Waals surface area (Å²) in [6.45, 7) is 7.69. The summed E-state index contributed by atoms with van der Waals surface area (Å²) in [5.74, 6) is 2.60. The second-order valence-electron chi connectivity index (χ2n) is 2.98. The van der Waals surface area contributed by atoms with Gasteiger partial charge >= 0.3 is 0 Å². The van der Waals surface area contributed by atoms with Crippen molar-refractivity contribution in [3.63, 3.8) is 0 Å². The van der Waals surface area contributed by atoms with Crippen LogP contribution in [0.25, 0.3) is 0 Å². The summed E-state index contributed by atoms with van der Waals surface area (Å²) in [6, 6.07) is 0. The van der Waals surface area contributed by atoms with Gasteiger partial charge in [-0.15, -0.1) is 6.42 Å². The van der Waals surface area contributed by atoms with Crippen molar-refractivity contribution in [1.29, 1.82) is 0 Å². The van der Waals surface area contributed by atoms with Gasteiger partial charge in [-0.1, -0.05) is 0 Å². The van der Waals surface area contributed by atoms with E-state index < -0.39 is 8.24 Å². The number of nitrogens with two attached hydrogens (primary N) is 1. The minimum absolute atomic E-state index is 0. The van der Waals surface area contributed by atoms with Crippen LogP contribution in [0.2, 0.25) is 19.6 Å². The maximum atomic E-state index is 5.08. The third-order valence-electron chi connectivity index (χ3n) is 0.832. The Balaban J connectivity index is 0. The summed E-state index contributed by atoms with van der Waals surface area (Å²) in [7, 11) is -0.946. The molecule has 0 aromatic carbocycles. The molecule has 0 aliphatic carbocycles. The lowest BCUT2D eigenvalue weighted by atomic mass is 10.7. The van der Waals surface area contributed by atoms with Gasteiger partial charge in [-0.3, -0.25) is 0 Å². The summed E-state index contributed by atoms with van der Waals surface area (Å²) >= 11 is 0. The number of hydrogen-bond acceptors (Lipinski definition) is 0. The Labute approximate surface area is 75.7 Å². The van der Waals surface area contributed by atoms with Crippen LogP contribution in [0, 0.1) is 12.3 Å². The lowest BCUT2D eigenvalue weighted by Gasteiger charge is -2.09. The predicted molar refractivity (Wildman–Crippen MR) is 39.0 cm³/mol.